The molecule has 0 fully saturated rings. The lowest BCUT2D eigenvalue weighted by Crippen LogP contribution is -2.29. The summed E-state index contributed by atoms with van der Waals surface area (Å²) in [5.41, 5.74) is 3.27. The molecule has 1 amide bonds. The van der Waals surface area contributed by atoms with Crippen LogP contribution in [0.2, 0.25) is 0 Å². The van der Waals surface area contributed by atoms with Gasteiger partial charge in [-0.1, -0.05) is 66.7 Å². The number of nitrogens with one attached hydrogen (secondary N) is 1. The number of carbonyl (C=O) groups is 1. The smallest absolute Gasteiger partial charge is 0.249 e. The van der Waals surface area contributed by atoms with E-state index in [0.717, 1.165) is 18.5 Å². The molecule has 122 valence electrons. The summed E-state index contributed by atoms with van der Waals surface area (Å²) in [7, 11) is 0. The molecule has 0 radical (unpaired) electrons. The number of hydrogen-bond donors (Lipinski definition) is 1. The van der Waals surface area contributed by atoms with Gasteiger partial charge in [-0.05, 0) is 24.0 Å². The fraction of sp³-hybridized carbons (Fsp3) is 0.190. The Morgan fingerprint density at radius 2 is 1.62 bits per heavy atom. The summed E-state index contributed by atoms with van der Waals surface area (Å²) in [6, 6.07) is 20.5. The van der Waals surface area contributed by atoms with E-state index in [0.29, 0.717) is 13.0 Å². The molecule has 2 aromatic rings. The SMILES string of the molecule is O=C(NCCc1ccccc1)C1=CN(Cc2ccccc2)C=CC1. The van der Waals surface area contributed by atoms with Crippen LogP contribution in [0.15, 0.2) is 84.7 Å². The molecule has 1 aliphatic heterocycles. The van der Waals surface area contributed by atoms with Crippen molar-refractivity contribution < 1.29 is 4.79 Å². The molecule has 0 aliphatic carbocycles. The van der Waals surface area contributed by atoms with E-state index in [1.807, 2.05) is 54.9 Å². The van der Waals surface area contributed by atoms with Gasteiger partial charge in [0.15, 0.2) is 0 Å². The third kappa shape index (κ3) is 4.59. The zero-order valence-corrected chi connectivity index (χ0v) is 13.7. The van der Waals surface area contributed by atoms with Gasteiger partial charge in [-0.3, -0.25) is 4.79 Å². The van der Waals surface area contributed by atoms with Crippen LogP contribution in [0.3, 0.4) is 0 Å². The molecular formula is C21H22N2O. The summed E-state index contributed by atoms with van der Waals surface area (Å²) >= 11 is 0. The Labute approximate surface area is 143 Å². The van der Waals surface area contributed by atoms with Gasteiger partial charge in [-0.15, -0.1) is 0 Å². The second-order valence-corrected chi connectivity index (χ2v) is 5.89. The monoisotopic (exact) mass is 318 g/mol. The number of rotatable bonds is 6. The van der Waals surface area contributed by atoms with E-state index >= 15 is 0 Å². The molecule has 24 heavy (non-hydrogen) atoms. The number of benzene rings is 2. The normalized spacial score (nSPS) is 13.5. The van der Waals surface area contributed by atoms with Crippen molar-refractivity contribution in [2.75, 3.05) is 6.54 Å². The Hall–Kier alpha value is -2.81. The number of allylic oxidation sites excluding steroid dienone is 1. The molecule has 1 heterocycles. The quantitative estimate of drug-likeness (QED) is 0.882. The van der Waals surface area contributed by atoms with Crippen LogP contribution < -0.4 is 5.32 Å². The highest BCUT2D eigenvalue weighted by Crippen LogP contribution is 2.15. The Bertz CT molecular complexity index is 720. The molecule has 0 saturated heterocycles. The average molecular weight is 318 g/mol. The van der Waals surface area contributed by atoms with Crippen LogP contribution in [0.25, 0.3) is 0 Å². The highest BCUT2D eigenvalue weighted by atomic mass is 16.1. The minimum Gasteiger partial charge on any atom is -0.352 e. The van der Waals surface area contributed by atoms with Gasteiger partial charge in [-0.2, -0.15) is 0 Å². The first-order valence-corrected chi connectivity index (χ1v) is 8.30. The predicted octanol–water partition coefficient (Wildman–Crippen LogP) is 3.65. The van der Waals surface area contributed by atoms with E-state index in [2.05, 4.69) is 34.5 Å². The molecule has 0 unspecified atom stereocenters. The first-order chi connectivity index (χ1) is 11.8. The van der Waals surface area contributed by atoms with Crippen molar-refractivity contribution in [3.8, 4) is 0 Å². The minimum absolute atomic E-state index is 0.0216. The van der Waals surface area contributed by atoms with E-state index in [1.165, 1.54) is 11.1 Å². The molecule has 2 aromatic carbocycles. The van der Waals surface area contributed by atoms with Gasteiger partial charge in [0.2, 0.25) is 5.91 Å². The van der Waals surface area contributed by atoms with Crippen LogP contribution in [0.1, 0.15) is 17.5 Å². The maximum Gasteiger partial charge on any atom is 0.249 e. The third-order valence-corrected chi connectivity index (χ3v) is 4.00. The molecule has 3 heteroatoms. The molecule has 0 atom stereocenters. The zero-order valence-electron chi connectivity index (χ0n) is 13.7. The Balaban J connectivity index is 1.52. The van der Waals surface area contributed by atoms with Crippen molar-refractivity contribution in [2.45, 2.75) is 19.4 Å². The lowest BCUT2D eigenvalue weighted by molar-refractivity contribution is -0.117. The number of nitrogens with zero attached hydrogens (tertiary/aromatic N) is 1. The van der Waals surface area contributed by atoms with E-state index in [-0.39, 0.29) is 5.91 Å². The fourth-order valence-corrected chi connectivity index (χ4v) is 2.73. The Morgan fingerprint density at radius 1 is 0.958 bits per heavy atom. The molecule has 3 rings (SSSR count). The van der Waals surface area contributed by atoms with Gasteiger partial charge < -0.3 is 10.2 Å². The van der Waals surface area contributed by atoms with Crippen LogP contribution in [-0.4, -0.2) is 17.4 Å². The van der Waals surface area contributed by atoms with E-state index in [4.69, 9.17) is 0 Å². The van der Waals surface area contributed by atoms with Crippen LogP contribution >= 0.6 is 0 Å². The number of amides is 1. The summed E-state index contributed by atoms with van der Waals surface area (Å²) < 4.78 is 0. The van der Waals surface area contributed by atoms with Gasteiger partial charge in [0.05, 0.1) is 0 Å². The molecule has 0 spiro atoms. The highest BCUT2D eigenvalue weighted by molar-refractivity contribution is 5.93. The van der Waals surface area contributed by atoms with Crippen molar-refractivity contribution in [3.63, 3.8) is 0 Å². The van der Waals surface area contributed by atoms with Crippen LogP contribution in [-0.2, 0) is 17.8 Å². The second-order valence-electron chi connectivity index (χ2n) is 5.89. The van der Waals surface area contributed by atoms with E-state index < -0.39 is 0 Å². The topological polar surface area (TPSA) is 32.3 Å². The first-order valence-electron chi connectivity index (χ1n) is 8.30. The minimum atomic E-state index is 0.0216. The molecule has 3 nitrogen and oxygen atoms in total. The van der Waals surface area contributed by atoms with Gasteiger partial charge in [0.1, 0.15) is 0 Å². The first kappa shape index (κ1) is 16.1. The molecule has 1 N–H and O–H groups in total. The van der Waals surface area contributed by atoms with Crippen molar-refractivity contribution >= 4 is 5.91 Å². The summed E-state index contributed by atoms with van der Waals surface area (Å²) in [4.78, 5) is 14.4. The lowest BCUT2D eigenvalue weighted by atomic mass is 10.1. The predicted molar refractivity (Wildman–Crippen MR) is 97.0 cm³/mol. The summed E-state index contributed by atoms with van der Waals surface area (Å²) in [6.07, 6.45) is 7.56. The lowest BCUT2D eigenvalue weighted by Gasteiger charge is -2.21. The van der Waals surface area contributed by atoms with Crippen molar-refractivity contribution in [2.24, 2.45) is 0 Å². The number of carbonyl (C=O) groups excluding carboxylic acids is 1. The third-order valence-electron chi connectivity index (χ3n) is 4.00. The molecule has 1 aliphatic rings. The van der Waals surface area contributed by atoms with Gasteiger partial charge in [0, 0.05) is 31.1 Å². The van der Waals surface area contributed by atoms with Gasteiger partial charge in [0.25, 0.3) is 0 Å². The standard InChI is InChI=1S/C21H22N2O/c24-21(22-14-13-18-8-3-1-4-9-18)20-12-7-15-23(17-20)16-19-10-5-2-6-11-19/h1-11,15,17H,12-14,16H2,(H,22,24). The van der Waals surface area contributed by atoms with E-state index in [1.54, 1.807) is 0 Å². The zero-order chi connectivity index (χ0) is 16.6. The van der Waals surface area contributed by atoms with Gasteiger partial charge >= 0.3 is 0 Å². The molecule has 0 aromatic heterocycles. The van der Waals surface area contributed by atoms with Crippen LogP contribution in [0.5, 0.6) is 0 Å². The second kappa shape index (κ2) is 8.16. The average Bonchev–Trinajstić information content (AvgIpc) is 2.64. The van der Waals surface area contributed by atoms with Crippen molar-refractivity contribution in [3.05, 3.63) is 95.8 Å². The summed E-state index contributed by atoms with van der Waals surface area (Å²) in [5.74, 6) is 0.0216. The van der Waals surface area contributed by atoms with Gasteiger partial charge in [-0.25, -0.2) is 0 Å². The van der Waals surface area contributed by atoms with Crippen molar-refractivity contribution in [1.82, 2.24) is 10.2 Å². The van der Waals surface area contributed by atoms with Crippen molar-refractivity contribution in [1.29, 1.82) is 0 Å². The number of hydrogen-bond acceptors (Lipinski definition) is 2. The molecule has 0 bridgehead atoms. The maximum absolute atomic E-state index is 12.3. The van der Waals surface area contributed by atoms with Crippen LogP contribution in [0, 0.1) is 0 Å². The molecule has 0 saturated carbocycles. The summed E-state index contributed by atoms with van der Waals surface area (Å²) in [5, 5.41) is 3.02. The Morgan fingerprint density at radius 3 is 2.33 bits per heavy atom. The summed E-state index contributed by atoms with van der Waals surface area (Å²) in [6.45, 7) is 1.43. The van der Waals surface area contributed by atoms with E-state index in [9.17, 15) is 4.79 Å². The van der Waals surface area contributed by atoms with Crippen LogP contribution in [0.4, 0.5) is 0 Å². The maximum atomic E-state index is 12.3. The largest absolute Gasteiger partial charge is 0.352 e. The molecular weight excluding hydrogens is 296 g/mol. The Kier molecular flexibility index (Phi) is 5.46. The highest BCUT2D eigenvalue weighted by Gasteiger charge is 2.12. The fourth-order valence-electron chi connectivity index (χ4n) is 2.73.